The lowest BCUT2D eigenvalue weighted by atomic mass is 10.0. The number of nitrogens with one attached hydrogen (secondary N) is 1. The van der Waals surface area contributed by atoms with Gasteiger partial charge in [0.2, 0.25) is 0 Å². The fourth-order valence-corrected chi connectivity index (χ4v) is 1.93. The van der Waals surface area contributed by atoms with Crippen molar-refractivity contribution in [2.24, 2.45) is 5.92 Å². The van der Waals surface area contributed by atoms with Gasteiger partial charge in [0.15, 0.2) is 5.82 Å². The molecular weight excluding hydrogens is 226 g/mol. The molecule has 0 radical (unpaired) electrons. The Kier molecular flexibility index (Phi) is 5.89. The van der Waals surface area contributed by atoms with E-state index in [1.165, 1.54) is 12.8 Å². The molecule has 0 aromatic carbocycles. The van der Waals surface area contributed by atoms with Gasteiger partial charge in [0.25, 0.3) is 5.56 Å². The van der Waals surface area contributed by atoms with Crippen molar-refractivity contribution in [2.45, 2.75) is 59.5 Å². The van der Waals surface area contributed by atoms with Crippen molar-refractivity contribution in [1.82, 2.24) is 9.55 Å². The van der Waals surface area contributed by atoms with E-state index < -0.39 is 0 Å². The van der Waals surface area contributed by atoms with E-state index in [2.05, 4.69) is 31.1 Å². The summed E-state index contributed by atoms with van der Waals surface area (Å²) in [4.78, 5) is 16.1. The summed E-state index contributed by atoms with van der Waals surface area (Å²) in [5.74, 6) is 1.21. The van der Waals surface area contributed by atoms with E-state index in [1.54, 1.807) is 17.0 Å². The Hall–Kier alpha value is -1.32. The van der Waals surface area contributed by atoms with Crippen LogP contribution in [0.4, 0.5) is 5.82 Å². The number of aryl methyl sites for hydroxylation is 1. The second-order valence-electron chi connectivity index (χ2n) is 5.24. The summed E-state index contributed by atoms with van der Waals surface area (Å²) in [7, 11) is 0. The second kappa shape index (κ2) is 7.19. The maximum absolute atomic E-state index is 12.0. The van der Waals surface area contributed by atoms with E-state index in [9.17, 15) is 4.79 Å². The molecule has 18 heavy (non-hydrogen) atoms. The third-order valence-electron chi connectivity index (χ3n) is 3.06. The lowest BCUT2D eigenvalue weighted by molar-refractivity contribution is 0.519. The third-order valence-corrected chi connectivity index (χ3v) is 3.06. The first-order chi connectivity index (χ1) is 8.54. The van der Waals surface area contributed by atoms with E-state index in [1.807, 2.05) is 6.92 Å². The minimum atomic E-state index is -0.0318. The standard InChI is InChI=1S/C14H25N3O/c1-5-17-10-9-15-13(14(17)18)16-12(4)8-6-7-11(2)3/h9-12H,5-8H2,1-4H3,(H,15,16). The Balaban J connectivity index is 2.54. The SMILES string of the molecule is CCn1ccnc(NC(C)CCCC(C)C)c1=O. The maximum atomic E-state index is 12.0. The van der Waals surface area contributed by atoms with Crippen LogP contribution < -0.4 is 10.9 Å². The zero-order chi connectivity index (χ0) is 13.5. The van der Waals surface area contributed by atoms with Crippen molar-refractivity contribution in [3.63, 3.8) is 0 Å². The molecule has 4 nitrogen and oxygen atoms in total. The van der Waals surface area contributed by atoms with Crippen molar-refractivity contribution in [3.05, 3.63) is 22.7 Å². The fourth-order valence-electron chi connectivity index (χ4n) is 1.93. The van der Waals surface area contributed by atoms with Crippen LogP contribution in [0.1, 0.15) is 47.0 Å². The predicted octanol–water partition coefficient (Wildman–Crippen LogP) is 2.89. The highest BCUT2D eigenvalue weighted by Gasteiger charge is 2.08. The number of hydrogen-bond donors (Lipinski definition) is 1. The van der Waals surface area contributed by atoms with Crippen LogP contribution in [0.3, 0.4) is 0 Å². The van der Waals surface area contributed by atoms with Crippen molar-refractivity contribution >= 4 is 5.82 Å². The van der Waals surface area contributed by atoms with Gasteiger partial charge in [-0.25, -0.2) is 4.98 Å². The minimum Gasteiger partial charge on any atom is -0.363 e. The van der Waals surface area contributed by atoms with Crippen molar-refractivity contribution in [1.29, 1.82) is 0 Å². The predicted molar refractivity (Wildman–Crippen MR) is 75.9 cm³/mol. The van der Waals surface area contributed by atoms with Gasteiger partial charge in [-0.2, -0.15) is 0 Å². The van der Waals surface area contributed by atoms with Crippen molar-refractivity contribution in [3.8, 4) is 0 Å². The summed E-state index contributed by atoms with van der Waals surface area (Å²) in [6, 6.07) is 0.289. The van der Waals surface area contributed by atoms with Crippen molar-refractivity contribution in [2.75, 3.05) is 5.32 Å². The molecule has 102 valence electrons. The Morgan fingerprint density at radius 2 is 2.06 bits per heavy atom. The molecule has 4 heteroatoms. The maximum Gasteiger partial charge on any atom is 0.293 e. The van der Waals surface area contributed by atoms with Crippen LogP contribution in [0.2, 0.25) is 0 Å². The lowest BCUT2D eigenvalue weighted by Crippen LogP contribution is -2.27. The molecule has 0 aliphatic rings. The Morgan fingerprint density at radius 1 is 1.33 bits per heavy atom. The van der Waals surface area contributed by atoms with E-state index >= 15 is 0 Å². The van der Waals surface area contributed by atoms with Crippen LogP contribution in [0.25, 0.3) is 0 Å². The van der Waals surface area contributed by atoms with Crippen LogP contribution >= 0.6 is 0 Å². The molecule has 0 fully saturated rings. The quantitative estimate of drug-likeness (QED) is 0.810. The average Bonchev–Trinajstić information content (AvgIpc) is 2.31. The van der Waals surface area contributed by atoms with Gasteiger partial charge in [0.1, 0.15) is 0 Å². The van der Waals surface area contributed by atoms with Crippen LogP contribution in [0, 0.1) is 5.92 Å². The highest BCUT2D eigenvalue weighted by atomic mass is 16.1. The van der Waals surface area contributed by atoms with E-state index in [0.717, 1.165) is 12.3 Å². The van der Waals surface area contributed by atoms with Crippen molar-refractivity contribution < 1.29 is 0 Å². The summed E-state index contributed by atoms with van der Waals surface area (Å²) < 4.78 is 1.66. The monoisotopic (exact) mass is 251 g/mol. The number of anilines is 1. The molecular formula is C14H25N3O. The van der Waals surface area contributed by atoms with Gasteiger partial charge in [0.05, 0.1) is 0 Å². The van der Waals surface area contributed by atoms with Gasteiger partial charge in [-0.3, -0.25) is 4.79 Å². The molecule has 1 atom stereocenters. The zero-order valence-electron chi connectivity index (χ0n) is 11.9. The molecule has 0 bridgehead atoms. The van der Waals surface area contributed by atoms with Crippen LogP contribution in [-0.4, -0.2) is 15.6 Å². The molecule has 1 aromatic rings. The van der Waals surface area contributed by atoms with Crippen LogP contribution in [-0.2, 0) is 6.54 Å². The first-order valence-electron chi connectivity index (χ1n) is 6.86. The second-order valence-corrected chi connectivity index (χ2v) is 5.24. The first kappa shape index (κ1) is 14.7. The highest BCUT2D eigenvalue weighted by molar-refractivity contribution is 5.31. The molecule has 0 saturated heterocycles. The number of nitrogens with zero attached hydrogens (tertiary/aromatic N) is 2. The van der Waals surface area contributed by atoms with Gasteiger partial charge in [0, 0.05) is 25.0 Å². The summed E-state index contributed by atoms with van der Waals surface area (Å²) in [6.45, 7) is 9.20. The zero-order valence-corrected chi connectivity index (χ0v) is 11.9. The molecule has 1 aromatic heterocycles. The summed E-state index contributed by atoms with van der Waals surface area (Å²) >= 11 is 0. The largest absolute Gasteiger partial charge is 0.363 e. The van der Waals surface area contributed by atoms with Gasteiger partial charge < -0.3 is 9.88 Å². The summed E-state index contributed by atoms with van der Waals surface area (Å²) in [5, 5.41) is 3.21. The fraction of sp³-hybridized carbons (Fsp3) is 0.714. The lowest BCUT2D eigenvalue weighted by Gasteiger charge is -2.15. The van der Waals surface area contributed by atoms with Gasteiger partial charge in [-0.1, -0.05) is 26.7 Å². The summed E-state index contributed by atoms with van der Waals surface area (Å²) in [5.41, 5.74) is -0.0318. The van der Waals surface area contributed by atoms with Crippen LogP contribution in [0.5, 0.6) is 0 Å². The molecule has 0 spiro atoms. The third kappa shape index (κ3) is 4.51. The number of rotatable bonds is 7. The highest BCUT2D eigenvalue weighted by Crippen LogP contribution is 2.10. The van der Waals surface area contributed by atoms with Gasteiger partial charge >= 0.3 is 0 Å². The normalized spacial score (nSPS) is 12.7. The van der Waals surface area contributed by atoms with Gasteiger partial charge in [-0.15, -0.1) is 0 Å². The Labute approximate surface area is 109 Å². The molecule has 1 heterocycles. The topological polar surface area (TPSA) is 46.9 Å². The molecule has 0 aliphatic carbocycles. The molecule has 1 unspecified atom stereocenters. The molecule has 1 N–H and O–H groups in total. The smallest absolute Gasteiger partial charge is 0.293 e. The molecule has 1 rings (SSSR count). The molecule has 0 amide bonds. The molecule has 0 aliphatic heterocycles. The Morgan fingerprint density at radius 3 is 2.67 bits per heavy atom. The average molecular weight is 251 g/mol. The molecule has 0 saturated carbocycles. The number of aromatic nitrogens is 2. The number of hydrogen-bond acceptors (Lipinski definition) is 3. The van der Waals surface area contributed by atoms with E-state index in [4.69, 9.17) is 0 Å². The van der Waals surface area contributed by atoms with E-state index in [0.29, 0.717) is 12.4 Å². The van der Waals surface area contributed by atoms with Gasteiger partial charge in [-0.05, 0) is 26.2 Å². The van der Waals surface area contributed by atoms with Crippen LogP contribution in [0.15, 0.2) is 17.2 Å². The van der Waals surface area contributed by atoms with E-state index in [-0.39, 0.29) is 11.6 Å². The first-order valence-corrected chi connectivity index (χ1v) is 6.86. The minimum absolute atomic E-state index is 0.0318. The Bertz CT molecular complexity index is 412. The summed E-state index contributed by atoms with van der Waals surface area (Å²) in [6.07, 6.45) is 6.87.